The van der Waals surface area contributed by atoms with Gasteiger partial charge >= 0.3 is 12.0 Å². The van der Waals surface area contributed by atoms with Crippen LogP contribution in [0.1, 0.15) is 10.4 Å². The minimum absolute atomic E-state index is 0.139. The molecule has 3 amide bonds. The van der Waals surface area contributed by atoms with Gasteiger partial charge in [0.2, 0.25) is 0 Å². The Morgan fingerprint density at radius 2 is 1.72 bits per heavy atom. The smallest absolute Gasteiger partial charge is 0.340 e. The number of anilines is 1. The summed E-state index contributed by atoms with van der Waals surface area (Å²) in [5, 5.41) is 4.73. The molecular formula is C17H15ClN2O5. The molecule has 0 bridgehead atoms. The number of amides is 3. The molecule has 0 saturated heterocycles. The van der Waals surface area contributed by atoms with Gasteiger partial charge in [0.25, 0.3) is 5.91 Å². The van der Waals surface area contributed by atoms with Crippen LogP contribution >= 0.6 is 11.6 Å². The maximum Gasteiger partial charge on any atom is 0.340 e. The number of benzene rings is 2. The number of carbonyl (C=O) groups excluding carboxylic acids is 3. The molecule has 2 rings (SSSR count). The summed E-state index contributed by atoms with van der Waals surface area (Å²) in [6.45, 7) is -0.611. The summed E-state index contributed by atoms with van der Waals surface area (Å²) in [7, 11) is 1.53. The van der Waals surface area contributed by atoms with Gasteiger partial charge in [-0.1, -0.05) is 23.7 Å². The van der Waals surface area contributed by atoms with E-state index < -0.39 is 24.5 Å². The highest BCUT2D eigenvalue weighted by Gasteiger charge is 2.14. The highest BCUT2D eigenvalue weighted by atomic mass is 35.5. The van der Waals surface area contributed by atoms with Gasteiger partial charge in [0.1, 0.15) is 5.75 Å². The summed E-state index contributed by atoms with van der Waals surface area (Å²) >= 11 is 5.86. The third-order valence-electron chi connectivity index (χ3n) is 3.03. The maximum atomic E-state index is 11.8. The number of halogens is 1. The third-order valence-corrected chi connectivity index (χ3v) is 3.36. The molecule has 2 aromatic rings. The van der Waals surface area contributed by atoms with Gasteiger partial charge in [-0.05, 0) is 36.4 Å². The van der Waals surface area contributed by atoms with Gasteiger partial charge < -0.3 is 14.8 Å². The van der Waals surface area contributed by atoms with Gasteiger partial charge in [-0.2, -0.15) is 0 Å². The molecule has 2 N–H and O–H groups in total. The van der Waals surface area contributed by atoms with Crippen LogP contribution in [0.25, 0.3) is 0 Å². The summed E-state index contributed by atoms with van der Waals surface area (Å²) in [5.74, 6) is -0.892. The Bertz CT molecular complexity index is 777. The predicted molar refractivity (Wildman–Crippen MR) is 91.9 cm³/mol. The van der Waals surface area contributed by atoms with Crippen molar-refractivity contribution in [2.24, 2.45) is 0 Å². The summed E-state index contributed by atoms with van der Waals surface area (Å²) in [6, 6.07) is 12.1. The normalized spacial score (nSPS) is 9.84. The first kappa shape index (κ1) is 18.3. The molecule has 0 aliphatic carbocycles. The van der Waals surface area contributed by atoms with E-state index in [-0.39, 0.29) is 10.6 Å². The van der Waals surface area contributed by atoms with Crippen LogP contribution in [0.4, 0.5) is 10.5 Å². The highest BCUT2D eigenvalue weighted by molar-refractivity contribution is 6.33. The first-order chi connectivity index (χ1) is 12.0. The predicted octanol–water partition coefficient (Wildman–Crippen LogP) is 2.85. The summed E-state index contributed by atoms with van der Waals surface area (Å²) in [6.07, 6.45) is 0. The van der Waals surface area contributed by atoms with E-state index in [9.17, 15) is 14.4 Å². The van der Waals surface area contributed by atoms with Gasteiger partial charge in [0, 0.05) is 5.69 Å². The number of carbonyl (C=O) groups is 3. The summed E-state index contributed by atoms with van der Waals surface area (Å²) < 4.78 is 9.82. The fourth-order valence-corrected chi connectivity index (χ4v) is 2.05. The second-order valence-corrected chi connectivity index (χ2v) is 5.19. The van der Waals surface area contributed by atoms with Crippen LogP contribution < -0.4 is 15.4 Å². The molecule has 0 heterocycles. The Labute approximate surface area is 148 Å². The lowest BCUT2D eigenvalue weighted by Crippen LogP contribution is -2.37. The van der Waals surface area contributed by atoms with E-state index in [2.05, 4.69) is 5.32 Å². The largest absolute Gasteiger partial charge is 0.497 e. The highest BCUT2D eigenvalue weighted by Crippen LogP contribution is 2.16. The first-order valence-corrected chi connectivity index (χ1v) is 7.54. The SMILES string of the molecule is COc1ccc(NC(=O)NC(=O)COC(=O)c2ccccc2Cl)cc1. The van der Waals surface area contributed by atoms with Crippen molar-refractivity contribution in [1.29, 1.82) is 0 Å². The molecule has 7 nitrogen and oxygen atoms in total. The lowest BCUT2D eigenvalue weighted by molar-refractivity contribution is -0.123. The zero-order chi connectivity index (χ0) is 18.2. The average molecular weight is 363 g/mol. The summed E-state index contributed by atoms with van der Waals surface area (Å²) in [4.78, 5) is 35.2. The number of hydrogen-bond donors (Lipinski definition) is 2. The van der Waals surface area contributed by atoms with Gasteiger partial charge in [-0.15, -0.1) is 0 Å². The average Bonchev–Trinajstić information content (AvgIpc) is 2.60. The Kier molecular flexibility index (Phi) is 6.36. The lowest BCUT2D eigenvalue weighted by atomic mass is 10.2. The van der Waals surface area contributed by atoms with Crippen molar-refractivity contribution < 1.29 is 23.9 Å². The minimum atomic E-state index is -0.772. The molecule has 0 unspecified atom stereocenters. The molecule has 0 atom stereocenters. The van der Waals surface area contributed by atoms with Crippen LogP contribution in [0.5, 0.6) is 5.75 Å². The van der Waals surface area contributed by atoms with E-state index in [1.54, 1.807) is 36.4 Å². The Hall–Kier alpha value is -3.06. The van der Waals surface area contributed by atoms with Crippen molar-refractivity contribution in [3.8, 4) is 5.75 Å². The van der Waals surface area contributed by atoms with Crippen LogP contribution in [0, 0.1) is 0 Å². The van der Waals surface area contributed by atoms with E-state index in [1.165, 1.54) is 19.2 Å². The molecule has 8 heteroatoms. The first-order valence-electron chi connectivity index (χ1n) is 7.16. The Morgan fingerprint density at radius 3 is 2.36 bits per heavy atom. The molecular weight excluding hydrogens is 348 g/mol. The zero-order valence-corrected chi connectivity index (χ0v) is 14.0. The number of urea groups is 1. The van der Waals surface area contributed by atoms with Gasteiger partial charge in [-0.3, -0.25) is 10.1 Å². The van der Waals surface area contributed by atoms with Crippen molar-refractivity contribution >= 4 is 35.2 Å². The van der Waals surface area contributed by atoms with Crippen molar-refractivity contribution in [1.82, 2.24) is 5.32 Å². The number of esters is 1. The fourth-order valence-electron chi connectivity index (χ4n) is 1.84. The van der Waals surface area contributed by atoms with Crippen LogP contribution in [0.3, 0.4) is 0 Å². The fraction of sp³-hybridized carbons (Fsp3) is 0.118. The number of imide groups is 1. The van der Waals surface area contributed by atoms with E-state index in [0.29, 0.717) is 11.4 Å². The summed E-state index contributed by atoms with van der Waals surface area (Å²) in [5.41, 5.74) is 0.610. The Balaban J connectivity index is 1.80. The van der Waals surface area contributed by atoms with E-state index in [4.69, 9.17) is 21.1 Å². The number of ether oxygens (including phenoxy) is 2. The van der Waals surface area contributed by atoms with Crippen LogP contribution in [-0.4, -0.2) is 31.6 Å². The molecule has 0 fully saturated rings. The van der Waals surface area contributed by atoms with Crippen molar-refractivity contribution in [2.75, 3.05) is 19.0 Å². The molecule has 0 saturated carbocycles. The number of rotatable bonds is 5. The van der Waals surface area contributed by atoms with Crippen molar-refractivity contribution in [2.45, 2.75) is 0 Å². The molecule has 0 radical (unpaired) electrons. The number of methoxy groups -OCH3 is 1. The van der Waals surface area contributed by atoms with Crippen molar-refractivity contribution in [3.05, 3.63) is 59.1 Å². The second-order valence-electron chi connectivity index (χ2n) is 4.79. The monoisotopic (exact) mass is 362 g/mol. The molecule has 2 aromatic carbocycles. The molecule has 0 aliphatic rings. The molecule has 25 heavy (non-hydrogen) atoms. The van der Waals surface area contributed by atoms with Crippen LogP contribution in [0.2, 0.25) is 5.02 Å². The Morgan fingerprint density at radius 1 is 1.04 bits per heavy atom. The van der Waals surface area contributed by atoms with Gasteiger partial charge in [0.05, 0.1) is 17.7 Å². The zero-order valence-electron chi connectivity index (χ0n) is 13.2. The standard InChI is InChI=1S/C17H15ClN2O5/c1-24-12-8-6-11(7-9-12)19-17(23)20-15(21)10-25-16(22)13-4-2-3-5-14(13)18/h2-9H,10H2,1H3,(H2,19,20,21,23). The van der Waals surface area contributed by atoms with Crippen LogP contribution in [-0.2, 0) is 9.53 Å². The molecule has 0 spiro atoms. The lowest BCUT2D eigenvalue weighted by Gasteiger charge is -2.08. The van der Waals surface area contributed by atoms with Crippen molar-refractivity contribution in [3.63, 3.8) is 0 Å². The van der Waals surface area contributed by atoms with Crippen LogP contribution in [0.15, 0.2) is 48.5 Å². The number of nitrogens with one attached hydrogen (secondary N) is 2. The third kappa shape index (κ3) is 5.50. The second kappa shape index (κ2) is 8.70. The van der Waals surface area contributed by atoms with E-state index in [1.807, 2.05) is 5.32 Å². The van der Waals surface area contributed by atoms with E-state index in [0.717, 1.165) is 0 Å². The molecule has 0 aliphatic heterocycles. The van der Waals surface area contributed by atoms with E-state index >= 15 is 0 Å². The quantitative estimate of drug-likeness (QED) is 0.798. The topological polar surface area (TPSA) is 93.7 Å². The maximum absolute atomic E-state index is 11.8. The molecule has 130 valence electrons. The number of hydrogen-bond acceptors (Lipinski definition) is 5. The minimum Gasteiger partial charge on any atom is -0.497 e. The van der Waals surface area contributed by atoms with Gasteiger partial charge in [0.15, 0.2) is 6.61 Å². The van der Waals surface area contributed by atoms with Gasteiger partial charge in [-0.25, -0.2) is 9.59 Å². The molecule has 0 aromatic heterocycles.